The minimum absolute atomic E-state index is 0.253. The Balaban J connectivity index is 2.09. The van der Waals surface area contributed by atoms with Gasteiger partial charge in [0, 0.05) is 13.6 Å². The first kappa shape index (κ1) is 14.0. The quantitative estimate of drug-likeness (QED) is 0.813. The van der Waals surface area contributed by atoms with E-state index < -0.39 is 0 Å². The molecule has 0 bridgehead atoms. The predicted molar refractivity (Wildman–Crippen MR) is 77.1 cm³/mol. The van der Waals surface area contributed by atoms with Crippen LogP contribution >= 0.6 is 11.6 Å². The highest BCUT2D eigenvalue weighted by atomic mass is 35.5. The van der Waals surface area contributed by atoms with Crippen LogP contribution in [-0.4, -0.2) is 27.4 Å². The number of aryl methyl sites for hydroxylation is 1. The van der Waals surface area contributed by atoms with E-state index >= 15 is 0 Å². The second kappa shape index (κ2) is 5.11. The first-order valence-corrected chi connectivity index (χ1v) is 7.02. The summed E-state index contributed by atoms with van der Waals surface area (Å²) in [5.41, 5.74) is 2.19. The molecule has 3 rings (SSSR count). The molecule has 110 valence electrons. The van der Waals surface area contributed by atoms with Crippen LogP contribution in [0.4, 0.5) is 10.1 Å². The summed E-state index contributed by atoms with van der Waals surface area (Å²) in [5, 5.41) is 7.86. The number of halogens is 2. The van der Waals surface area contributed by atoms with Gasteiger partial charge in [-0.15, -0.1) is 5.10 Å². The molecular weight excluding hydrogens is 295 g/mol. The lowest BCUT2D eigenvalue weighted by Gasteiger charge is -2.31. The van der Waals surface area contributed by atoms with Gasteiger partial charge >= 0.3 is 0 Å². The zero-order valence-electron chi connectivity index (χ0n) is 11.7. The van der Waals surface area contributed by atoms with Crippen LogP contribution in [0.5, 0.6) is 0 Å². The molecule has 1 amide bonds. The van der Waals surface area contributed by atoms with Gasteiger partial charge in [0.2, 0.25) is 0 Å². The van der Waals surface area contributed by atoms with Crippen LogP contribution in [0.1, 0.15) is 28.0 Å². The lowest BCUT2D eigenvalue weighted by Crippen LogP contribution is -2.36. The van der Waals surface area contributed by atoms with E-state index in [4.69, 9.17) is 11.6 Å². The summed E-state index contributed by atoms with van der Waals surface area (Å²) in [5.74, 6) is -0.607. The van der Waals surface area contributed by atoms with Crippen molar-refractivity contribution < 1.29 is 9.18 Å². The largest absolute Gasteiger partial charge is 0.305 e. The highest BCUT2D eigenvalue weighted by Gasteiger charge is 2.29. The van der Waals surface area contributed by atoms with Gasteiger partial charge in [-0.25, -0.2) is 4.39 Å². The molecule has 2 heterocycles. The Morgan fingerprint density at radius 2 is 2.24 bits per heavy atom. The molecule has 0 saturated heterocycles. The molecule has 1 aliphatic rings. The van der Waals surface area contributed by atoms with E-state index in [1.807, 2.05) is 0 Å². The summed E-state index contributed by atoms with van der Waals surface area (Å²) < 4.78 is 15.3. The molecule has 0 N–H and O–H groups in total. The molecule has 5 nitrogen and oxygen atoms in total. The van der Waals surface area contributed by atoms with Crippen molar-refractivity contribution in [1.82, 2.24) is 15.0 Å². The van der Waals surface area contributed by atoms with E-state index in [0.717, 1.165) is 12.0 Å². The van der Waals surface area contributed by atoms with E-state index in [-0.39, 0.29) is 22.4 Å². The van der Waals surface area contributed by atoms with Gasteiger partial charge in [-0.05, 0) is 37.0 Å². The van der Waals surface area contributed by atoms with Crippen molar-refractivity contribution in [2.24, 2.45) is 7.05 Å². The zero-order valence-corrected chi connectivity index (χ0v) is 12.5. The Bertz CT molecular complexity index is 728. The lowest BCUT2D eigenvalue weighted by molar-refractivity contribution is 0.0980. The fourth-order valence-corrected chi connectivity index (χ4v) is 2.98. The van der Waals surface area contributed by atoms with Crippen LogP contribution in [0, 0.1) is 12.7 Å². The van der Waals surface area contributed by atoms with Gasteiger partial charge in [0.25, 0.3) is 5.91 Å². The average molecular weight is 309 g/mol. The van der Waals surface area contributed by atoms with Crippen LogP contribution in [0.3, 0.4) is 0 Å². The first-order chi connectivity index (χ1) is 9.99. The predicted octanol–water partition coefficient (Wildman–Crippen LogP) is 2.51. The van der Waals surface area contributed by atoms with Crippen molar-refractivity contribution in [3.05, 3.63) is 39.9 Å². The van der Waals surface area contributed by atoms with Crippen molar-refractivity contribution in [2.75, 3.05) is 11.4 Å². The van der Waals surface area contributed by atoms with Gasteiger partial charge in [-0.3, -0.25) is 9.48 Å². The Morgan fingerprint density at radius 1 is 1.48 bits per heavy atom. The third-order valence-corrected chi connectivity index (χ3v) is 4.01. The van der Waals surface area contributed by atoms with Crippen LogP contribution in [0.25, 0.3) is 0 Å². The number of anilines is 1. The molecule has 0 spiro atoms. The number of nitrogens with zero attached hydrogens (tertiary/aromatic N) is 4. The number of fused-ring (bicyclic) bond motifs is 1. The minimum atomic E-state index is -0.340. The fourth-order valence-electron chi connectivity index (χ4n) is 2.66. The molecule has 0 atom stereocenters. The fraction of sp³-hybridized carbons (Fsp3) is 0.357. The van der Waals surface area contributed by atoms with Crippen molar-refractivity contribution in [2.45, 2.75) is 19.8 Å². The average Bonchev–Trinajstić information content (AvgIpc) is 2.90. The molecule has 0 radical (unpaired) electrons. The molecule has 2 aromatic rings. The Morgan fingerprint density at radius 3 is 2.90 bits per heavy atom. The SMILES string of the molecule is Cc1c(F)cc(Cl)c2c1CCCN2C(=O)c1cn(C)nn1. The summed E-state index contributed by atoms with van der Waals surface area (Å²) in [6.07, 6.45) is 3.03. The third kappa shape index (κ3) is 2.29. The van der Waals surface area contributed by atoms with Gasteiger partial charge < -0.3 is 4.90 Å². The molecule has 0 saturated carbocycles. The Kier molecular flexibility index (Phi) is 3.41. The van der Waals surface area contributed by atoms with Gasteiger partial charge in [0.1, 0.15) is 5.82 Å². The van der Waals surface area contributed by atoms with Crippen LogP contribution in [0.15, 0.2) is 12.3 Å². The van der Waals surface area contributed by atoms with E-state index in [9.17, 15) is 9.18 Å². The molecule has 7 heteroatoms. The van der Waals surface area contributed by atoms with E-state index in [1.54, 1.807) is 25.1 Å². The number of rotatable bonds is 1. The maximum absolute atomic E-state index is 13.8. The maximum atomic E-state index is 13.8. The van der Waals surface area contributed by atoms with Crippen LogP contribution in [-0.2, 0) is 13.5 Å². The van der Waals surface area contributed by atoms with E-state index in [1.165, 1.54) is 10.7 Å². The summed E-state index contributed by atoms with van der Waals surface area (Å²) in [4.78, 5) is 14.1. The van der Waals surface area contributed by atoms with E-state index in [0.29, 0.717) is 24.2 Å². The number of hydrogen-bond acceptors (Lipinski definition) is 3. The zero-order chi connectivity index (χ0) is 15.1. The highest BCUT2D eigenvalue weighted by Crippen LogP contribution is 2.38. The normalized spacial score (nSPS) is 14.2. The number of benzene rings is 1. The molecule has 0 unspecified atom stereocenters. The molecule has 0 fully saturated rings. The topological polar surface area (TPSA) is 51.0 Å². The van der Waals surface area contributed by atoms with Crippen molar-refractivity contribution in [1.29, 1.82) is 0 Å². The maximum Gasteiger partial charge on any atom is 0.280 e. The molecule has 1 aromatic heterocycles. The van der Waals surface area contributed by atoms with E-state index in [2.05, 4.69) is 10.3 Å². The Hall–Kier alpha value is -1.95. The molecule has 1 aliphatic heterocycles. The molecule has 0 aliphatic carbocycles. The third-order valence-electron chi connectivity index (χ3n) is 3.72. The van der Waals surface area contributed by atoms with Gasteiger partial charge in [0.05, 0.1) is 16.9 Å². The van der Waals surface area contributed by atoms with Crippen molar-refractivity contribution in [3.8, 4) is 0 Å². The second-order valence-corrected chi connectivity index (χ2v) is 5.54. The van der Waals surface area contributed by atoms with Gasteiger partial charge in [-0.1, -0.05) is 16.8 Å². The van der Waals surface area contributed by atoms with Crippen LogP contribution in [0.2, 0.25) is 5.02 Å². The summed E-state index contributed by atoms with van der Waals surface area (Å²) >= 11 is 6.18. The van der Waals surface area contributed by atoms with Crippen molar-refractivity contribution in [3.63, 3.8) is 0 Å². The summed E-state index contributed by atoms with van der Waals surface area (Å²) in [6, 6.07) is 1.26. The number of aromatic nitrogens is 3. The number of hydrogen-bond donors (Lipinski definition) is 0. The molecule has 21 heavy (non-hydrogen) atoms. The lowest BCUT2D eigenvalue weighted by atomic mass is 9.96. The monoisotopic (exact) mass is 308 g/mol. The Labute approximate surface area is 126 Å². The second-order valence-electron chi connectivity index (χ2n) is 5.13. The van der Waals surface area contributed by atoms with Gasteiger partial charge in [0.15, 0.2) is 5.69 Å². The molecule has 1 aromatic carbocycles. The van der Waals surface area contributed by atoms with Gasteiger partial charge in [-0.2, -0.15) is 0 Å². The van der Waals surface area contributed by atoms with Crippen LogP contribution < -0.4 is 4.90 Å². The smallest absolute Gasteiger partial charge is 0.280 e. The number of carbonyl (C=O) groups is 1. The number of amides is 1. The summed E-state index contributed by atoms with van der Waals surface area (Å²) in [7, 11) is 1.69. The first-order valence-electron chi connectivity index (χ1n) is 6.64. The number of carbonyl (C=O) groups excluding carboxylic acids is 1. The highest BCUT2D eigenvalue weighted by molar-refractivity contribution is 6.34. The minimum Gasteiger partial charge on any atom is -0.305 e. The summed E-state index contributed by atoms with van der Waals surface area (Å²) in [6.45, 7) is 2.24. The molecular formula is C14H14ClFN4O. The van der Waals surface area contributed by atoms with Crippen molar-refractivity contribution >= 4 is 23.2 Å². The standard InChI is InChI=1S/C14H14ClFN4O/c1-8-9-4-3-5-20(13(9)10(15)6-11(8)16)14(21)12-7-19(2)18-17-12/h6-7H,3-5H2,1-2H3.